The molecule has 154 valence electrons. The predicted octanol–water partition coefficient (Wildman–Crippen LogP) is 3.14. The Morgan fingerprint density at radius 3 is 2.38 bits per heavy atom. The number of para-hydroxylation sites is 1. The van der Waals surface area contributed by atoms with Crippen molar-refractivity contribution >= 4 is 23.3 Å². The van der Waals surface area contributed by atoms with Crippen molar-refractivity contribution in [3.63, 3.8) is 0 Å². The highest BCUT2D eigenvalue weighted by molar-refractivity contribution is 6.04. The van der Waals surface area contributed by atoms with Gasteiger partial charge in [-0.25, -0.2) is 9.97 Å². The molecule has 0 bridgehead atoms. The molecule has 2 heterocycles. The molecule has 0 unspecified atom stereocenters. The summed E-state index contributed by atoms with van der Waals surface area (Å²) in [5.41, 5.74) is 3.32. The molecular formula is C22H29N5O2. The second-order valence-corrected chi connectivity index (χ2v) is 7.80. The van der Waals surface area contributed by atoms with Gasteiger partial charge in [0.2, 0.25) is 5.91 Å². The summed E-state index contributed by atoms with van der Waals surface area (Å²) in [4.78, 5) is 37.3. The number of aromatic nitrogens is 2. The van der Waals surface area contributed by atoms with Gasteiger partial charge in [-0.3, -0.25) is 9.59 Å². The first-order chi connectivity index (χ1) is 13.8. The van der Waals surface area contributed by atoms with Gasteiger partial charge < -0.3 is 15.1 Å². The SMILES string of the molecule is CC(=O)N1CCN(c2cc(C(=O)Nc3c(C)cccc3C(C)C)nc(C)n2)CC1. The molecule has 1 saturated heterocycles. The summed E-state index contributed by atoms with van der Waals surface area (Å²) in [6, 6.07) is 7.78. The van der Waals surface area contributed by atoms with Crippen molar-refractivity contribution < 1.29 is 9.59 Å². The summed E-state index contributed by atoms with van der Waals surface area (Å²) in [5.74, 6) is 1.42. The van der Waals surface area contributed by atoms with E-state index in [2.05, 4.69) is 34.0 Å². The largest absolute Gasteiger partial charge is 0.353 e. The van der Waals surface area contributed by atoms with Crippen LogP contribution in [0.3, 0.4) is 0 Å². The molecule has 0 saturated carbocycles. The van der Waals surface area contributed by atoms with Gasteiger partial charge in [-0.15, -0.1) is 0 Å². The maximum atomic E-state index is 13.0. The number of benzene rings is 1. The number of anilines is 2. The van der Waals surface area contributed by atoms with E-state index in [9.17, 15) is 9.59 Å². The number of carbonyl (C=O) groups is 2. The van der Waals surface area contributed by atoms with E-state index in [0.717, 1.165) is 22.6 Å². The summed E-state index contributed by atoms with van der Waals surface area (Å²) in [5, 5.41) is 3.06. The molecule has 1 fully saturated rings. The molecule has 1 aliphatic rings. The van der Waals surface area contributed by atoms with Crippen LogP contribution in [0.2, 0.25) is 0 Å². The van der Waals surface area contributed by atoms with Crippen LogP contribution in [0.15, 0.2) is 24.3 Å². The monoisotopic (exact) mass is 395 g/mol. The number of nitrogens with zero attached hydrogens (tertiary/aromatic N) is 4. The van der Waals surface area contributed by atoms with Gasteiger partial charge >= 0.3 is 0 Å². The van der Waals surface area contributed by atoms with E-state index in [0.29, 0.717) is 43.6 Å². The molecule has 3 rings (SSSR count). The predicted molar refractivity (Wildman–Crippen MR) is 114 cm³/mol. The third-order valence-corrected chi connectivity index (χ3v) is 5.27. The molecule has 7 heteroatoms. The zero-order valence-corrected chi connectivity index (χ0v) is 17.8. The van der Waals surface area contributed by atoms with Crippen molar-refractivity contribution in [2.75, 3.05) is 36.4 Å². The Hall–Kier alpha value is -2.96. The lowest BCUT2D eigenvalue weighted by atomic mass is 9.98. The molecule has 29 heavy (non-hydrogen) atoms. The minimum Gasteiger partial charge on any atom is -0.353 e. The Labute approximate surface area is 172 Å². The fourth-order valence-electron chi connectivity index (χ4n) is 3.60. The van der Waals surface area contributed by atoms with Crippen LogP contribution >= 0.6 is 0 Å². The Balaban J connectivity index is 1.82. The summed E-state index contributed by atoms with van der Waals surface area (Å²) in [6.45, 7) is 12.3. The fourth-order valence-corrected chi connectivity index (χ4v) is 3.60. The number of hydrogen-bond acceptors (Lipinski definition) is 5. The minimum absolute atomic E-state index is 0.0859. The molecule has 0 radical (unpaired) electrons. The second kappa shape index (κ2) is 8.59. The van der Waals surface area contributed by atoms with Crippen molar-refractivity contribution in [1.82, 2.24) is 14.9 Å². The van der Waals surface area contributed by atoms with Gasteiger partial charge in [0.1, 0.15) is 17.3 Å². The molecule has 1 aromatic heterocycles. The van der Waals surface area contributed by atoms with E-state index in [1.807, 2.05) is 30.0 Å². The zero-order valence-electron chi connectivity index (χ0n) is 17.8. The Kier molecular flexibility index (Phi) is 6.15. The summed E-state index contributed by atoms with van der Waals surface area (Å²) >= 11 is 0. The standard InChI is InChI=1S/C22H29N5O2/c1-14(2)18-8-6-7-15(3)21(18)25-22(29)19-13-20(24-16(4)23-19)27-11-9-26(10-12-27)17(5)28/h6-8,13-14H,9-12H2,1-5H3,(H,25,29). The highest BCUT2D eigenvalue weighted by atomic mass is 16.2. The van der Waals surface area contributed by atoms with Crippen LogP contribution in [0.4, 0.5) is 11.5 Å². The Bertz CT molecular complexity index is 917. The van der Waals surface area contributed by atoms with Crippen molar-refractivity contribution in [2.45, 2.75) is 40.5 Å². The molecule has 0 spiro atoms. The van der Waals surface area contributed by atoms with Gasteiger partial charge in [-0.2, -0.15) is 0 Å². The van der Waals surface area contributed by atoms with Gasteiger partial charge in [-0.05, 0) is 30.9 Å². The van der Waals surface area contributed by atoms with E-state index in [1.54, 1.807) is 19.9 Å². The first-order valence-corrected chi connectivity index (χ1v) is 10.0. The van der Waals surface area contributed by atoms with E-state index in [4.69, 9.17) is 0 Å². The zero-order chi connectivity index (χ0) is 21.1. The summed E-state index contributed by atoms with van der Waals surface area (Å²) < 4.78 is 0. The second-order valence-electron chi connectivity index (χ2n) is 7.80. The van der Waals surface area contributed by atoms with E-state index in [-0.39, 0.29) is 11.8 Å². The van der Waals surface area contributed by atoms with Crippen LogP contribution in [-0.2, 0) is 4.79 Å². The molecule has 7 nitrogen and oxygen atoms in total. The fraction of sp³-hybridized carbons (Fsp3) is 0.455. The highest BCUT2D eigenvalue weighted by Crippen LogP contribution is 2.28. The molecule has 0 atom stereocenters. The van der Waals surface area contributed by atoms with E-state index >= 15 is 0 Å². The molecule has 0 aliphatic carbocycles. The molecule has 1 aliphatic heterocycles. The summed E-state index contributed by atoms with van der Waals surface area (Å²) in [6.07, 6.45) is 0. The lowest BCUT2D eigenvalue weighted by molar-refractivity contribution is -0.129. The van der Waals surface area contributed by atoms with Crippen molar-refractivity contribution in [1.29, 1.82) is 0 Å². The smallest absolute Gasteiger partial charge is 0.274 e. The number of hydrogen-bond donors (Lipinski definition) is 1. The number of carbonyl (C=O) groups excluding carboxylic acids is 2. The van der Waals surface area contributed by atoms with Crippen LogP contribution < -0.4 is 10.2 Å². The highest BCUT2D eigenvalue weighted by Gasteiger charge is 2.22. The van der Waals surface area contributed by atoms with Crippen molar-refractivity contribution in [3.8, 4) is 0 Å². The number of rotatable bonds is 4. The third kappa shape index (κ3) is 4.72. The van der Waals surface area contributed by atoms with Gasteiger partial charge in [0.05, 0.1) is 0 Å². The third-order valence-electron chi connectivity index (χ3n) is 5.27. The summed E-state index contributed by atoms with van der Waals surface area (Å²) in [7, 11) is 0. The van der Waals surface area contributed by atoms with Crippen LogP contribution in [-0.4, -0.2) is 52.9 Å². The van der Waals surface area contributed by atoms with Crippen LogP contribution in [0, 0.1) is 13.8 Å². The van der Waals surface area contributed by atoms with E-state index < -0.39 is 0 Å². The lowest BCUT2D eigenvalue weighted by Crippen LogP contribution is -2.48. The lowest BCUT2D eigenvalue weighted by Gasteiger charge is -2.35. The van der Waals surface area contributed by atoms with Gasteiger partial charge in [0, 0.05) is 44.9 Å². The average molecular weight is 396 g/mol. The quantitative estimate of drug-likeness (QED) is 0.860. The van der Waals surface area contributed by atoms with Crippen LogP contribution in [0.5, 0.6) is 0 Å². The number of piperazine rings is 1. The number of aryl methyl sites for hydroxylation is 2. The van der Waals surface area contributed by atoms with Gasteiger partial charge in [-0.1, -0.05) is 32.0 Å². The van der Waals surface area contributed by atoms with E-state index in [1.165, 1.54) is 0 Å². The van der Waals surface area contributed by atoms with Crippen molar-refractivity contribution in [2.24, 2.45) is 0 Å². The maximum absolute atomic E-state index is 13.0. The molecule has 2 amide bonds. The topological polar surface area (TPSA) is 78.4 Å². The minimum atomic E-state index is -0.240. The van der Waals surface area contributed by atoms with Crippen molar-refractivity contribution in [3.05, 3.63) is 46.9 Å². The number of nitrogens with one attached hydrogen (secondary N) is 1. The average Bonchev–Trinajstić information content (AvgIpc) is 2.68. The van der Waals surface area contributed by atoms with Crippen LogP contribution in [0.25, 0.3) is 0 Å². The van der Waals surface area contributed by atoms with Gasteiger partial charge in [0.25, 0.3) is 5.91 Å². The Morgan fingerprint density at radius 2 is 1.76 bits per heavy atom. The molecular weight excluding hydrogens is 366 g/mol. The maximum Gasteiger partial charge on any atom is 0.274 e. The Morgan fingerprint density at radius 1 is 1.07 bits per heavy atom. The molecule has 1 N–H and O–H groups in total. The first kappa shape index (κ1) is 20.8. The normalized spacial score (nSPS) is 14.3. The van der Waals surface area contributed by atoms with Gasteiger partial charge in [0.15, 0.2) is 0 Å². The molecule has 1 aromatic carbocycles. The number of amides is 2. The first-order valence-electron chi connectivity index (χ1n) is 10.0. The van der Waals surface area contributed by atoms with Crippen LogP contribution in [0.1, 0.15) is 54.1 Å². The molecule has 2 aromatic rings.